The molecular weight excluding hydrogens is 456 g/mol. The number of benzene rings is 3. The van der Waals surface area contributed by atoms with E-state index in [-0.39, 0.29) is 5.56 Å². The lowest BCUT2D eigenvalue weighted by atomic mass is 10.1. The molecule has 0 bridgehead atoms. The van der Waals surface area contributed by atoms with Crippen molar-refractivity contribution in [1.29, 1.82) is 0 Å². The van der Waals surface area contributed by atoms with Crippen LogP contribution in [0.2, 0.25) is 0 Å². The number of fused-ring (bicyclic) bond motifs is 2. The molecule has 0 fully saturated rings. The van der Waals surface area contributed by atoms with Crippen molar-refractivity contribution in [1.82, 2.24) is 19.5 Å². The van der Waals surface area contributed by atoms with E-state index in [2.05, 4.69) is 27.9 Å². The number of aromatic amines is 1. The van der Waals surface area contributed by atoms with Gasteiger partial charge in [0.05, 0.1) is 16.6 Å². The number of rotatable bonds is 3. The van der Waals surface area contributed by atoms with Crippen LogP contribution >= 0.6 is 0 Å². The summed E-state index contributed by atoms with van der Waals surface area (Å²) in [5, 5.41) is 1.69. The molecule has 0 saturated heterocycles. The molecule has 3 heterocycles. The number of hydrogen-bond donors (Lipinski definition) is 1. The molecule has 0 aliphatic heterocycles. The van der Waals surface area contributed by atoms with E-state index in [1.807, 2.05) is 98.1 Å². The molecule has 0 amide bonds. The van der Waals surface area contributed by atoms with Crippen LogP contribution in [0.15, 0.2) is 102 Å². The van der Waals surface area contributed by atoms with Gasteiger partial charge in [0.15, 0.2) is 0 Å². The lowest BCUT2D eigenvalue weighted by Gasteiger charge is -2.14. The Bertz CT molecular complexity index is 1920. The third kappa shape index (κ3) is 4.33. The summed E-state index contributed by atoms with van der Waals surface area (Å²) in [6, 6.07) is 25.2. The number of H-pyrrole nitrogens is 1. The zero-order valence-corrected chi connectivity index (χ0v) is 20.1. The summed E-state index contributed by atoms with van der Waals surface area (Å²) in [6.45, 7) is 1.99. The molecule has 0 saturated carbocycles. The zero-order chi connectivity index (χ0) is 25.2. The number of aryl methyl sites for hydroxylation is 1. The van der Waals surface area contributed by atoms with Crippen molar-refractivity contribution >= 4 is 34.0 Å². The molecule has 176 valence electrons. The molecule has 0 aliphatic rings. The fraction of sp³-hybridized carbons (Fsp3) is 0.0312. The molecule has 5 heteroatoms. The molecule has 3 aromatic carbocycles. The van der Waals surface area contributed by atoms with Gasteiger partial charge in [-0.25, -0.2) is 4.98 Å². The first-order valence-corrected chi connectivity index (χ1v) is 12.0. The Labute approximate surface area is 213 Å². The van der Waals surface area contributed by atoms with E-state index in [0.29, 0.717) is 16.7 Å². The number of pyridine rings is 1. The van der Waals surface area contributed by atoms with Crippen LogP contribution in [-0.4, -0.2) is 19.5 Å². The molecule has 0 unspecified atom stereocenters. The number of nitrogens with zero attached hydrogens (tertiary/aromatic N) is 3. The molecule has 3 aromatic heterocycles. The Morgan fingerprint density at radius 1 is 0.865 bits per heavy atom. The highest BCUT2D eigenvalue weighted by Crippen LogP contribution is 2.22. The van der Waals surface area contributed by atoms with Gasteiger partial charge in [-0.2, -0.15) is 0 Å². The standard InChI is InChI=1S/C32H22N4O/c1-22-19-23(12-13-24-7-6-18-33-20-24)14-16-30(22)36-31(35-29-11-5-3-9-27(29)32(36)37)17-15-25-21-34-28-10-4-2-8-26(25)28/h2-11,14-21,34H,1H3/b17-15+. The summed E-state index contributed by atoms with van der Waals surface area (Å²) in [5.41, 5.74) is 6.06. The molecule has 0 radical (unpaired) electrons. The van der Waals surface area contributed by atoms with Gasteiger partial charge in [0.25, 0.3) is 5.56 Å². The highest BCUT2D eigenvalue weighted by Gasteiger charge is 2.13. The van der Waals surface area contributed by atoms with E-state index in [1.165, 1.54) is 0 Å². The molecule has 0 aliphatic carbocycles. The third-order valence-corrected chi connectivity index (χ3v) is 6.29. The van der Waals surface area contributed by atoms with E-state index in [4.69, 9.17) is 4.98 Å². The summed E-state index contributed by atoms with van der Waals surface area (Å²) in [6.07, 6.45) is 9.32. The third-order valence-electron chi connectivity index (χ3n) is 6.29. The number of aromatic nitrogens is 4. The number of nitrogens with one attached hydrogen (secondary N) is 1. The average molecular weight is 479 g/mol. The summed E-state index contributed by atoms with van der Waals surface area (Å²) in [7, 11) is 0. The van der Waals surface area contributed by atoms with Crippen molar-refractivity contribution in [3.05, 3.63) is 136 Å². The molecule has 1 N–H and O–H groups in total. The van der Waals surface area contributed by atoms with Crippen LogP contribution < -0.4 is 5.56 Å². The largest absolute Gasteiger partial charge is 0.361 e. The van der Waals surface area contributed by atoms with Crippen molar-refractivity contribution < 1.29 is 0 Å². The average Bonchev–Trinajstić information content (AvgIpc) is 3.35. The highest BCUT2D eigenvalue weighted by molar-refractivity contribution is 5.91. The summed E-state index contributed by atoms with van der Waals surface area (Å²) in [4.78, 5) is 26.0. The molecule has 37 heavy (non-hydrogen) atoms. The number of hydrogen-bond acceptors (Lipinski definition) is 3. The first-order valence-electron chi connectivity index (χ1n) is 12.0. The molecule has 0 spiro atoms. The van der Waals surface area contributed by atoms with Gasteiger partial charge in [-0.05, 0) is 78.7 Å². The van der Waals surface area contributed by atoms with E-state index >= 15 is 0 Å². The van der Waals surface area contributed by atoms with Gasteiger partial charge in [0, 0.05) is 40.6 Å². The molecule has 6 aromatic rings. The predicted molar refractivity (Wildman–Crippen MR) is 150 cm³/mol. The monoisotopic (exact) mass is 478 g/mol. The lowest BCUT2D eigenvalue weighted by Crippen LogP contribution is -2.23. The minimum absolute atomic E-state index is 0.110. The Hall–Kier alpha value is -5.21. The Morgan fingerprint density at radius 3 is 2.51 bits per heavy atom. The van der Waals surface area contributed by atoms with Crippen molar-refractivity contribution in [3.8, 4) is 17.5 Å². The van der Waals surface area contributed by atoms with Crippen molar-refractivity contribution in [3.63, 3.8) is 0 Å². The van der Waals surface area contributed by atoms with Gasteiger partial charge in [-0.1, -0.05) is 42.2 Å². The predicted octanol–water partition coefficient (Wildman–Crippen LogP) is 6.14. The summed E-state index contributed by atoms with van der Waals surface area (Å²) in [5.74, 6) is 6.89. The molecule has 5 nitrogen and oxygen atoms in total. The second kappa shape index (κ2) is 9.44. The zero-order valence-electron chi connectivity index (χ0n) is 20.1. The maximum atomic E-state index is 13.7. The fourth-order valence-corrected chi connectivity index (χ4v) is 4.46. The van der Waals surface area contributed by atoms with Gasteiger partial charge in [-0.15, -0.1) is 0 Å². The van der Waals surface area contributed by atoms with Gasteiger partial charge in [-0.3, -0.25) is 14.3 Å². The van der Waals surface area contributed by atoms with Crippen LogP contribution in [-0.2, 0) is 0 Å². The van der Waals surface area contributed by atoms with E-state index in [0.717, 1.165) is 38.8 Å². The molecular formula is C32H22N4O. The maximum Gasteiger partial charge on any atom is 0.266 e. The number of para-hydroxylation sites is 2. The van der Waals surface area contributed by atoms with E-state index in [1.54, 1.807) is 17.0 Å². The first-order chi connectivity index (χ1) is 18.2. The molecule has 0 atom stereocenters. The smallest absolute Gasteiger partial charge is 0.266 e. The normalized spacial score (nSPS) is 11.2. The minimum atomic E-state index is -0.110. The Kier molecular flexibility index (Phi) is 5.68. The second-order valence-electron chi connectivity index (χ2n) is 8.74. The van der Waals surface area contributed by atoms with Crippen LogP contribution in [0.1, 0.15) is 28.1 Å². The Morgan fingerprint density at radius 2 is 1.68 bits per heavy atom. The van der Waals surface area contributed by atoms with Gasteiger partial charge in [0.1, 0.15) is 5.82 Å². The minimum Gasteiger partial charge on any atom is -0.361 e. The van der Waals surface area contributed by atoms with Gasteiger partial charge in [0.2, 0.25) is 0 Å². The second-order valence-corrected chi connectivity index (χ2v) is 8.74. The topological polar surface area (TPSA) is 63.6 Å². The van der Waals surface area contributed by atoms with Crippen LogP contribution in [0, 0.1) is 18.8 Å². The quantitative estimate of drug-likeness (QED) is 0.311. The summed E-state index contributed by atoms with van der Waals surface area (Å²) < 4.78 is 1.68. The highest BCUT2D eigenvalue weighted by atomic mass is 16.1. The van der Waals surface area contributed by atoms with Crippen LogP contribution in [0.25, 0.3) is 39.6 Å². The van der Waals surface area contributed by atoms with Crippen molar-refractivity contribution in [2.24, 2.45) is 0 Å². The van der Waals surface area contributed by atoms with Gasteiger partial charge < -0.3 is 4.98 Å². The summed E-state index contributed by atoms with van der Waals surface area (Å²) >= 11 is 0. The van der Waals surface area contributed by atoms with E-state index < -0.39 is 0 Å². The maximum absolute atomic E-state index is 13.7. The van der Waals surface area contributed by atoms with Crippen LogP contribution in [0.3, 0.4) is 0 Å². The van der Waals surface area contributed by atoms with Crippen molar-refractivity contribution in [2.45, 2.75) is 6.92 Å². The molecule has 6 rings (SSSR count). The Balaban J connectivity index is 1.47. The van der Waals surface area contributed by atoms with Crippen LogP contribution in [0.5, 0.6) is 0 Å². The lowest BCUT2D eigenvalue weighted by molar-refractivity contribution is 0.934. The van der Waals surface area contributed by atoms with Crippen molar-refractivity contribution in [2.75, 3.05) is 0 Å². The van der Waals surface area contributed by atoms with Gasteiger partial charge >= 0.3 is 0 Å². The fourth-order valence-electron chi connectivity index (χ4n) is 4.46. The first kappa shape index (κ1) is 22.3. The van der Waals surface area contributed by atoms with E-state index in [9.17, 15) is 4.79 Å². The SMILES string of the molecule is Cc1cc(C#Cc2cccnc2)ccc1-n1c(/C=C/c2c[nH]c3ccccc23)nc2ccccc2c1=O. The van der Waals surface area contributed by atoms with Crippen LogP contribution in [0.4, 0.5) is 0 Å².